The first-order chi connectivity index (χ1) is 2.50. The van der Waals surface area contributed by atoms with Crippen molar-refractivity contribution in [2.24, 2.45) is 0 Å². The van der Waals surface area contributed by atoms with Gasteiger partial charge in [0.15, 0.2) is 0 Å². The molecule has 0 amide bonds. The van der Waals surface area contributed by atoms with Crippen LogP contribution < -0.4 is 50.9 Å². The van der Waals surface area contributed by atoms with E-state index in [4.69, 9.17) is 0 Å². The molecule has 0 spiro atoms. The van der Waals surface area contributed by atoms with Crippen LogP contribution in [0.25, 0.3) is 0 Å². The monoisotopic (exact) mass is 392 g/mol. The van der Waals surface area contributed by atoms with Crippen molar-refractivity contribution >= 4 is 0 Å². The van der Waals surface area contributed by atoms with E-state index < -0.39 is 0 Å². The SMILES string of the molecule is [Br-].[Br-].[Br-].[C-]1=CC=CC1.[Zr+4]. The Morgan fingerprint density at radius 1 is 1.11 bits per heavy atom. The molecule has 0 radical (unpaired) electrons. The Hall–Kier alpha value is 1.80. The molecule has 50 valence electrons. The summed E-state index contributed by atoms with van der Waals surface area (Å²) in [5.74, 6) is 0. The van der Waals surface area contributed by atoms with E-state index in [1.54, 1.807) is 0 Å². The molecule has 0 atom stereocenters. The standard InChI is InChI=1S/C5H5.3BrH.Zr/c1-2-4-5-3-1;;;;/h1-3H,4H2;3*1H;/q-1;;;;+4/p-3. The van der Waals surface area contributed by atoms with E-state index in [-0.39, 0.29) is 77.1 Å². The largest absolute Gasteiger partial charge is 4.00 e. The van der Waals surface area contributed by atoms with E-state index in [1.165, 1.54) is 0 Å². The first-order valence-corrected chi connectivity index (χ1v) is 1.72. The van der Waals surface area contributed by atoms with Crippen molar-refractivity contribution in [1.29, 1.82) is 0 Å². The van der Waals surface area contributed by atoms with E-state index in [0.29, 0.717) is 0 Å². The number of hydrogen-bond donors (Lipinski definition) is 0. The summed E-state index contributed by atoms with van der Waals surface area (Å²) in [4.78, 5) is 0. The van der Waals surface area contributed by atoms with E-state index in [9.17, 15) is 0 Å². The van der Waals surface area contributed by atoms with Crippen molar-refractivity contribution in [2.75, 3.05) is 0 Å². The molecule has 0 aromatic heterocycles. The van der Waals surface area contributed by atoms with Crippen LogP contribution in [0.4, 0.5) is 0 Å². The molecule has 1 rings (SSSR count). The van der Waals surface area contributed by atoms with Crippen LogP contribution in [-0.2, 0) is 26.2 Å². The summed E-state index contributed by atoms with van der Waals surface area (Å²) >= 11 is 0. The van der Waals surface area contributed by atoms with Crippen LogP contribution in [0.1, 0.15) is 6.42 Å². The van der Waals surface area contributed by atoms with Gasteiger partial charge in [-0.05, 0) is 0 Å². The zero-order valence-electron chi connectivity index (χ0n) is 4.57. The van der Waals surface area contributed by atoms with E-state index in [0.717, 1.165) is 6.42 Å². The first kappa shape index (κ1) is 22.4. The Labute approximate surface area is 107 Å². The fraction of sp³-hybridized carbons (Fsp3) is 0.200. The number of halogens is 3. The second kappa shape index (κ2) is 16.4. The van der Waals surface area contributed by atoms with Crippen LogP contribution in [0.3, 0.4) is 0 Å². The van der Waals surface area contributed by atoms with E-state index in [2.05, 4.69) is 12.2 Å². The van der Waals surface area contributed by atoms with Crippen molar-refractivity contribution in [3.8, 4) is 0 Å². The maximum Gasteiger partial charge on any atom is 4.00 e. The summed E-state index contributed by atoms with van der Waals surface area (Å²) < 4.78 is 0. The molecule has 0 aromatic rings. The van der Waals surface area contributed by atoms with Crippen molar-refractivity contribution in [2.45, 2.75) is 6.42 Å². The van der Waals surface area contributed by atoms with Gasteiger partial charge in [0.25, 0.3) is 0 Å². The molecule has 0 aliphatic heterocycles. The van der Waals surface area contributed by atoms with Gasteiger partial charge >= 0.3 is 26.2 Å². The predicted octanol–water partition coefficient (Wildman–Crippen LogP) is -7.68. The summed E-state index contributed by atoms with van der Waals surface area (Å²) in [6.07, 6.45) is 10.0. The average molecular weight is 396 g/mol. The van der Waals surface area contributed by atoms with Gasteiger partial charge in [0.2, 0.25) is 0 Å². The van der Waals surface area contributed by atoms with Crippen molar-refractivity contribution in [1.82, 2.24) is 0 Å². The maximum atomic E-state index is 2.99. The first-order valence-electron chi connectivity index (χ1n) is 1.72. The molecule has 0 bridgehead atoms. The summed E-state index contributed by atoms with van der Waals surface area (Å²) in [6.45, 7) is 0. The van der Waals surface area contributed by atoms with Gasteiger partial charge < -0.3 is 50.9 Å². The zero-order chi connectivity index (χ0) is 3.54. The minimum atomic E-state index is 0. The average Bonchev–Trinajstić information content (AvgIpc) is 1.76. The minimum absolute atomic E-state index is 0. The normalized spacial score (nSPS) is 9.78. The Morgan fingerprint density at radius 2 is 1.67 bits per heavy atom. The van der Waals surface area contributed by atoms with Crippen molar-refractivity contribution in [3.05, 3.63) is 24.3 Å². The molecule has 4 heteroatoms. The molecule has 0 nitrogen and oxygen atoms in total. The third kappa shape index (κ3) is 12.9. The summed E-state index contributed by atoms with van der Waals surface area (Å²) in [5.41, 5.74) is 0. The molecule has 1 aliphatic rings. The summed E-state index contributed by atoms with van der Waals surface area (Å²) in [7, 11) is 0. The quantitative estimate of drug-likeness (QED) is 0.357. The minimum Gasteiger partial charge on any atom is -1.00 e. The molecule has 0 heterocycles. The summed E-state index contributed by atoms with van der Waals surface area (Å²) in [5, 5.41) is 0. The van der Waals surface area contributed by atoms with Gasteiger partial charge in [0.1, 0.15) is 0 Å². The van der Waals surface area contributed by atoms with Crippen LogP contribution in [0, 0.1) is 6.08 Å². The Balaban J connectivity index is -0.0000000312. The van der Waals surface area contributed by atoms with Gasteiger partial charge in [-0.1, -0.05) is 0 Å². The second-order valence-electron chi connectivity index (χ2n) is 1.00. The Kier molecular flexibility index (Phi) is 40.9. The predicted molar refractivity (Wildman–Crippen MR) is 21.6 cm³/mol. The molecule has 0 N–H and O–H groups in total. The second-order valence-corrected chi connectivity index (χ2v) is 1.00. The van der Waals surface area contributed by atoms with Crippen LogP contribution >= 0.6 is 0 Å². The molecule has 0 unspecified atom stereocenters. The van der Waals surface area contributed by atoms with Crippen LogP contribution in [0.2, 0.25) is 0 Å². The molecule has 0 fully saturated rings. The molecule has 0 saturated carbocycles. The third-order valence-corrected chi connectivity index (χ3v) is 0.586. The van der Waals surface area contributed by atoms with Crippen LogP contribution in [0.15, 0.2) is 18.2 Å². The molecule has 1 aliphatic carbocycles. The molecular formula is C5H5Br3Zr. The van der Waals surface area contributed by atoms with E-state index in [1.807, 2.05) is 12.2 Å². The number of allylic oxidation sites excluding steroid dienone is 4. The van der Waals surface area contributed by atoms with Gasteiger partial charge in [-0.25, -0.2) is 12.2 Å². The Bertz CT molecular complexity index is 70.3. The molecule has 0 saturated heterocycles. The Morgan fingerprint density at radius 3 is 1.78 bits per heavy atom. The zero-order valence-corrected chi connectivity index (χ0v) is 11.8. The maximum absolute atomic E-state index is 2.99. The van der Waals surface area contributed by atoms with Gasteiger partial charge in [-0.15, -0.1) is 6.42 Å². The van der Waals surface area contributed by atoms with Crippen LogP contribution in [-0.4, -0.2) is 0 Å². The topological polar surface area (TPSA) is 0 Å². The van der Waals surface area contributed by atoms with E-state index >= 15 is 0 Å². The fourth-order valence-corrected chi connectivity index (χ4v) is 0.340. The smallest absolute Gasteiger partial charge is 1.00 e. The molecule has 0 aromatic carbocycles. The van der Waals surface area contributed by atoms with Crippen molar-refractivity contribution < 1.29 is 77.1 Å². The third-order valence-electron chi connectivity index (χ3n) is 0.586. The van der Waals surface area contributed by atoms with Crippen molar-refractivity contribution in [3.63, 3.8) is 0 Å². The number of rotatable bonds is 0. The van der Waals surface area contributed by atoms with Gasteiger partial charge in [-0.2, -0.15) is 6.08 Å². The fourth-order valence-electron chi connectivity index (χ4n) is 0.340. The van der Waals surface area contributed by atoms with Gasteiger partial charge in [0.05, 0.1) is 0 Å². The van der Waals surface area contributed by atoms with Crippen LogP contribution in [0.5, 0.6) is 0 Å². The molecule has 9 heavy (non-hydrogen) atoms. The number of hydrogen-bond acceptors (Lipinski definition) is 0. The van der Waals surface area contributed by atoms with Gasteiger partial charge in [-0.3, -0.25) is 6.08 Å². The van der Waals surface area contributed by atoms with Gasteiger partial charge in [0, 0.05) is 0 Å². The summed E-state index contributed by atoms with van der Waals surface area (Å²) in [6, 6.07) is 0. The molecular weight excluding hydrogens is 391 g/mol.